The van der Waals surface area contributed by atoms with Crippen molar-refractivity contribution in [1.29, 1.82) is 0 Å². The van der Waals surface area contributed by atoms with Gasteiger partial charge in [-0.2, -0.15) is 0 Å². The highest BCUT2D eigenvalue weighted by atomic mass is 35.5. The highest BCUT2D eigenvalue weighted by molar-refractivity contribution is 5.85. The number of halogens is 1. The standard InChI is InChI=1S/C15H26N2O.ClH/c1-10-9-17(5-4-14(10)16)15(18)8-13-7-11-2-3-12(13)6-11;/h10-14H,2-9,16H2,1H3;1H. The van der Waals surface area contributed by atoms with E-state index in [1.165, 1.54) is 25.7 Å². The fourth-order valence-electron chi connectivity index (χ4n) is 4.37. The summed E-state index contributed by atoms with van der Waals surface area (Å²) in [4.78, 5) is 14.4. The Hall–Kier alpha value is -0.280. The average molecular weight is 287 g/mol. The molecule has 3 aliphatic rings. The molecule has 4 heteroatoms. The van der Waals surface area contributed by atoms with E-state index in [9.17, 15) is 4.79 Å². The molecule has 0 spiro atoms. The van der Waals surface area contributed by atoms with Crippen LogP contribution in [0.2, 0.25) is 0 Å². The van der Waals surface area contributed by atoms with E-state index in [1.54, 1.807) is 0 Å². The van der Waals surface area contributed by atoms with Crippen LogP contribution in [0.3, 0.4) is 0 Å². The average Bonchev–Trinajstić information content (AvgIpc) is 2.94. The smallest absolute Gasteiger partial charge is 0.222 e. The largest absolute Gasteiger partial charge is 0.342 e. The molecule has 110 valence electrons. The van der Waals surface area contributed by atoms with E-state index < -0.39 is 0 Å². The normalized spacial score (nSPS) is 41.2. The predicted molar refractivity (Wildman–Crippen MR) is 79.1 cm³/mol. The van der Waals surface area contributed by atoms with Crippen molar-refractivity contribution in [3.63, 3.8) is 0 Å². The molecule has 1 heterocycles. The molecule has 1 aliphatic heterocycles. The third kappa shape index (κ3) is 3.08. The predicted octanol–water partition coefficient (Wildman–Crippen LogP) is 2.43. The first-order valence-corrected chi connectivity index (χ1v) is 7.67. The number of nitrogens with zero attached hydrogens (tertiary/aromatic N) is 1. The van der Waals surface area contributed by atoms with Crippen LogP contribution < -0.4 is 5.73 Å². The quantitative estimate of drug-likeness (QED) is 0.847. The van der Waals surface area contributed by atoms with Crippen molar-refractivity contribution in [2.24, 2.45) is 29.4 Å². The van der Waals surface area contributed by atoms with Gasteiger partial charge in [-0.05, 0) is 49.4 Å². The zero-order chi connectivity index (χ0) is 12.7. The van der Waals surface area contributed by atoms with Gasteiger partial charge in [0.1, 0.15) is 0 Å². The molecule has 19 heavy (non-hydrogen) atoms. The third-order valence-electron chi connectivity index (χ3n) is 5.65. The number of amides is 1. The van der Waals surface area contributed by atoms with E-state index in [0.29, 0.717) is 17.7 Å². The van der Waals surface area contributed by atoms with Crippen molar-refractivity contribution in [2.45, 2.75) is 51.5 Å². The van der Waals surface area contributed by atoms with E-state index in [2.05, 4.69) is 11.8 Å². The van der Waals surface area contributed by atoms with Crippen LogP contribution in [0.1, 0.15) is 45.4 Å². The van der Waals surface area contributed by atoms with Gasteiger partial charge in [0.2, 0.25) is 5.91 Å². The lowest BCUT2D eigenvalue weighted by Gasteiger charge is -2.36. The number of likely N-dealkylation sites (tertiary alicyclic amines) is 1. The minimum absolute atomic E-state index is 0. The van der Waals surface area contributed by atoms with Crippen LogP contribution in [-0.4, -0.2) is 29.9 Å². The Bertz CT molecular complexity index is 336. The molecule has 0 radical (unpaired) electrons. The maximum atomic E-state index is 12.4. The molecule has 0 aromatic rings. The maximum absolute atomic E-state index is 12.4. The van der Waals surface area contributed by atoms with E-state index in [1.807, 2.05) is 0 Å². The molecule has 0 aromatic heterocycles. The minimum Gasteiger partial charge on any atom is -0.342 e. The van der Waals surface area contributed by atoms with Gasteiger partial charge in [-0.15, -0.1) is 12.4 Å². The molecule has 3 rings (SSSR count). The van der Waals surface area contributed by atoms with Gasteiger partial charge in [0.05, 0.1) is 0 Å². The summed E-state index contributed by atoms with van der Waals surface area (Å²) < 4.78 is 0. The lowest BCUT2D eigenvalue weighted by atomic mass is 9.85. The minimum atomic E-state index is 0. The van der Waals surface area contributed by atoms with E-state index in [-0.39, 0.29) is 18.4 Å². The number of hydrogen-bond acceptors (Lipinski definition) is 2. The van der Waals surface area contributed by atoms with E-state index in [0.717, 1.165) is 37.8 Å². The van der Waals surface area contributed by atoms with Gasteiger partial charge in [0.25, 0.3) is 0 Å². The van der Waals surface area contributed by atoms with Crippen molar-refractivity contribution in [3.8, 4) is 0 Å². The van der Waals surface area contributed by atoms with Crippen LogP contribution in [0.5, 0.6) is 0 Å². The number of hydrogen-bond donors (Lipinski definition) is 1. The number of rotatable bonds is 2. The van der Waals surface area contributed by atoms with E-state index in [4.69, 9.17) is 5.73 Å². The summed E-state index contributed by atoms with van der Waals surface area (Å²) in [5.41, 5.74) is 6.02. The first-order chi connectivity index (χ1) is 8.63. The Labute approximate surface area is 122 Å². The Balaban J connectivity index is 0.00000133. The molecule has 5 unspecified atom stereocenters. The molecule has 5 atom stereocenters. The molecular formula is C15H27ClN2O. The molecule has 2 saturated carbocycles. The Morgan fingerprint density at radius 3 is 2.63 bits per heavy atom. The number of carbonyl (C=O) groups is 1. The third-order valence-corrected chi connectivity index (χ3v) is 5.65. The summed E-state index contributed by atoms with van der Waals surface area (Å²) in [6.45, 7) is 3.92. The van der Waals surface area contributed by atoms with Gasteiger partial charge in [0, 0.05) is 25.6 Å². The first kappa shape index (κ1) is 15.1. The monoisotopic (exact) mass is 286 g/mol. The Kier molecular flexibility index (Phi) is 4.78. The van der Waals surface area contributed by atoms with Gasteiger partial charge in [-0.1, -0.05) is 13.3 Å². The number of nitrogens with two attached hydrogens (primary N) is 1. The molecular weight excluding hydrogens is 260 g/mol. The van der Waals surface area contributed by atoms with Crippen molar-refractivity contribution in [1.82, 2.24) is 4.90 Å². The Morgan fingerprint density at radius 1 is 1.26 bits per heavy atom. The maximum Gasteiger partial charge on any atom is 0.222 e. The van der Waals surface area contributed by atoms with Crippen LogP contribution in [0.4, 0.5) is 0 Å². The van der Waals surface area contributed by atoms with Crippen molar-refractivity contribution in [3.05, 3.63) is 0 Å². The summed E-state index contributed by atoms with van der Waals surface area (Å²) in [5.74, 6) is 3.36. The van der Waals surface area contributed by atoms with E-state index >= 15 is 0 Å². The summed E-state index contributed by atoms with van der Waals surface area (Å²) >= 11 is 0. The van der Waals surface area contributed by atoms with Crippen LogP contribution >= 0.6 is 12.4 Å². The van der Waals surface area contributed by atoms with Crippen molar-refractivity contribution in [2.75, 3.05) is 13.1 Å². The van der Waals surface area contributed by atoms with Gasteiger partial charge in [0.15, 0.2) is 0 Å². The summed E-state index contributed by atoms with van der Waals surface area (Å²) in [6.07, 6.45) is 7.31. The highest BCUT2D eigenvalue weighted by Crippen LogP contribution is 2.49. The lowest BCUT2D eigenvalue weighted by Crippen LogP contribution is -2.48. The van der Waals surface area contributed by atoms with Gasteiger partial charge in [-0.3, -0.25) is 4.79 Å². The van der Waals surface area contributed by atoms with Crippen molar-refractivity contribution >= 4 is 18.3 Å². The molecule has 3 fully saturated rings. The number of carbonyl (C=O) groups excluding carboxylic acids is 1. The molecule has 0 aromatic carbocycles. The highest BCUT2D eigenvalue weighted by Gasteiger charge is 2.41. The molecule has 3 nitrogen and oxygen atoms in total. The molecule has 2 N–H and O–H groups in total. The number of piperidine rings is 1. The molecule has 1 amide bonds. The second-order valence-electron chi connectivity index (χ2n) is 6.91. The number of fused-ring (bicyclic) bond motifs is 2. The zero-order valence-electron chi connectivity index (χ0n) is 11.9. The molecule has 2 aliphatic carbocycles. The summed E-state index contributed by atoms with van der Waals surface area (Å²) in [5, 5.41) is 0. The SMILES string of the molecule is CC1CN(C(=O)CC2CC3CCC2C3)CCC1N.Cl. The van der Waals surface area contributed by atoms with Crippen LogP contribution in [0.25, 0.3) is 0 Å². The topological polar surface area (TPSA) is 46.3 Å². The second kappa shape index (κ2) is 6.01. The van der Waals surface area contributed by atoms with Gasteiger partial charge >= 0.3 is 0 Å². The first-order valence-electron chi connectivity index (χ1n) is 7.67. The lowest BCUT2D eigenvalue weighted by molar-refractivity contribution is -0.134. The van der Waals surface area contributed by atoms with Gasteiger partial charge < -0.3 is 10.6 Å². The fourth-order valence-corrected chi connectivity index (χ4v) is 4.37. The van der Waals surface area contributed by atoms with Crippen LogP contribution in [0, 0.1) is 23.7 Å². The summed E-state index contributed by atoms with van der Waals surface area (Å²) in [6, 6.07) is 0.288. The molecule has 1 saturated heterocycles. The van der Waals surface area contributed by atoms with Crippen LogP contribution in [0.15, 0.2) is 0 Å². The van der Waals surface area contributed by atoms with Crippen molar-refractivity contribution < 1.29 is 4.79 Å². The summed E-state index contributed by atoms with van der Waals surface area (Å²) in [7, 11) is 0. The fraction of sp³-hybridized carbons (Fsp3) is 0.933. The molecule has 2 bridgehead atoms. The zero-order valence-corrected chi connectivity index (χ0v) is 12.7. The van der Waals surface area contributed by atoms with Gasteiger partial charge in [-0.25, -0.2) is 0 Å². The second-order valence-corrected chi connectivity index (χ2v) is 6.91. The Morgan fingerprint density at radius 2 is 2.05 bits per heavy atom. The van der Waals surface area contributed by atoms with Crippen LogP contribution in [-0.2, 0) is 4.79 Å².